The molecular formula is C21H20ClN3O4. The maximum atomic E-state index is 12.5. The van der Waals surface area contributed by atoms with Gasteiger partial charge < -0.3 is 10.2 Å². The number of hydrogen-bond acceptors (Lipinski definition) is 4. The highest BCUT2D eigenvalue weighted by Gasteiger charge is 2.31. The number of amides is 1. The average Bonchev–Trinajstić information content (AvgIpc) is 2.69. The highest BCUT2D eigenvalue weighted by Crippen LogP contribution is 2.29. The summed E-state index contributed by atoms with van der Waals surface area (Å²) in [7, 11) is 0. The lowest BCUT2D eigenvalue weighted by Crippen LogP contribution is -2.34. The summed E-state index contributed by atoms with van der Waals surface area (Å²) in [5.41, 5.74) is -0.828. The molecule has 1 unspecified atom stereocenters. The fourth-order valence-electron chi connectivity index (χ4n) is 3.02. The number of nitrogens with zero attached hydrogens (tertiary/aromatic N) is 3. The molecule has 0 spiro atoms. The van der Waals surface area contributed by atoms with Crippen molar-refractivity contribution in [1.29, 1.82) is 0 Å². The van der Waals surface area contributed by atoms with Crippen LogP contribution in [0.15, 0.2) is 65.6 Å². The largest absolute Gasteiger partial charge is 0.465 e. The fourth-order valence-corrected chi connectivity index (χ4v) is 3.15. The second-order valence-corrected chi connectivity index (χ2v) is 7.04. The molecule has 3 aromatic rings. The first-order valence-electron chi connectivity index (χ1n) is 8.94. The molecule has 3 rings (SSSR count). The molecule has 1 heterocycles. The molecule has 150 valence electrons. The molecular weight excluding hydrogens is 394 g/mol. The summed E-state index contributed by atoms with van der Waals surface area (Å²) in [4.78, 5) is 25.1. The van der Waals surface area contributed by atoms with E-state index < -0.39 is 17.1 Å². The van der Waals surface area contributed by atoms with Crippen molar-refractivity contribution in [2.24, 2.45) is 0 Å². The fraction of sp³-hybridized carbons (Fsp3) is 0.190. The monoisotopic (exact) mass is 413 g/mol. The Morgan fingerprint density at radius 1 is 1.21 bits per heavy atom. The van der Waals surface area contributed by atoms with Gasteiger partial charge in [0.05, 0.1) is 5.69 Å². The molecule has 0 aliphatic rings. The molecule has 0 saturated carbocycles. The van der Waals surface area contributed by atoms with E-state index in [1.807, 2.05) is 0 Å². The van der Waals surface area contributed by atoms with E-state index in [0.717, 1.165) is 4.90 Å². The summed E-state index contributed by atoms with van der Waals surface area (Å²) in [6, 6.07) is 14.6. The van der Waals surface area contributed by atoms with Crippen molar-refractivity contribution in [2.45, 2.75) is 19.4 Å². The molecule has 2 aromatic carbocycles. The summed E-state index contributed by atoms with van der Waals surface area (Å²) in [5.74, 6) is 0. The van der Waals surface area contributed by atoms with Crippen LogP contribution in [0.5, 0.6) is 0 Å². The van der Waals surface area contributed by atoms with Gasteiger partial charge in [0.2, 0.25) is 5.43 Å². The van der Waals surface area contributed by atoms with E-state index in [-0.39, 0.29) is 12.2 Å². The van der Waals surface area contributed by atoms with Crippen molar-refractivity contribution < 1.29 is 15.0 Å². The van der Waals surface area contributed by atoms with Crippen LogP contribution in [-0.2, 0) is 5.60 Å². The zero-order chi connectivity index (χ0) is 21.2. The van der Waals surface area contributed by atoms with E-state index in [1.165, 1.54) is 23.9 Å². The van der Waals surface area contributed by atoms with Crippen LogP contribution < -0.4 is 10.3 Å². The molecule has 1 amide bonds. The smallest absolute Gasteiger partial charge is 0.411 e. The molecule has 0 radical (unpaired) electrons. The summed E-state index contributed by atoms with van der Waals surface area (Å²) in [6.45, 7) is 3.41. The Morgan fingerprint density at radius 3 is 2.52 bits per heavy atom. The van der Waals surface area contributed by atoms with Crippen molar-refractivity contribution in [1.82, 2.24) is 9.78 Å². The Morgan fingerprint density at radius 2 is 1.90 bits per heavy atom. The predicted molar refractivity (Wildman–Crippen MR) is 111 cm³/mol. The Bertz CT molecular complexity index is 1090. The molecule has 0 aliphatic heterocycles. The zero-order valence-electron chi connectivity index (χ0n) is 15.9. The topological polar surface area (TPSA) is 95.7 Å². The van der Waals surface area contributed by atoms with Crippen LogP contribution in [0, 0.1) is 0 Å². The third-order valence-corrected chi connectivity index (χ3v) is 4.88. The lowest BCUT2D eigenvalue weighted by atomic mass is 9.91. The van der Waals surface area contributed by atoms with Crippen molar-refractivity contribution in [2.75, 3.05) is 11.4 Å². The average molecular weight is 414 g/mol. The van der Waals surface area contributed by atoms with E-state index in [1.54, 1.807) is 55.5 Å². The zero-order valence-corrected chi connectivity index (χ0v) is 16.7. The van der Waals surface area contributed by atoms with E-state index in [9.17, 15) is 19.8 Å². The van der Waals surface area contributed by atoms with E-state index in [0.29, 0.717) is 22.0 Å². The van der Waals surface area contributed by atoms with Crippen molar-refractivity contribution in [3.8, 4) is 5.69 Å². The SMILES string of the molecule is CCN(C(=O)O)c1cccc(C(C)(O)c2nn(-c3ccc(Cl)cc3)ccc2=O)c1. The van der Waals surface area contributed by atoms with E-state index in [4.69, 9.17) is 11.6 Å². The molecule has 0 bridgehead atoms. The van der Waals surface area contributed by atoms with Crippen molar-refractivity contribution in [3.63, 3.8) is 0 Å². The molecule has 29 heavy (non-hydrogen) atoms. The van der Waals surface area contributed by atoms with Gasteiger partial charge in [-0.3, -0.25) is 9.69 Å². The number of aliphatic hydroxyl groups is 1. The Hall–Kier alpha value is -3.16. The van der Waals surface area contributed by atoms with Crippen molar-refractivity contribution >= 4 is 23.4 Å². The highest BCUT2D eigenvalue weighted by molar-refractivity contribution is 6.30. The maximum Gasteiger partial charge on any atom is 0.411 e. The summed E-state index contributed by atoms with van der Waals surface area (Å²) < 4.78 is 1.47. The summed E-state index contributed by atoms with van der Waals surface area (Å²) in [5, 5.41) is 25.5. The van der Waals surface area contributed by atoms with Gasteiger partial charge in [0.25, 0.3) is 0 Å². The van der Waals surface area contributed by atoms with Crippen LogP contribution in [-0.4, -0.2) is 32.6 Å². The second kappa shape index (κ2) is 8.06. The van der Waals surface area contributed by atoms with Crippen LogP contribution in [0.1, 0.15) is 25.1 Å². The van der Waals surface area contributed by atoms with E-state index >= 15 is 0 Å². The van der Waals surface area contributed by atoms with Crippen LogP contribution in [0.25, 0.3) is 5.69 Å². The molecule has 8 heteroatoms. The number of carboxylic acid groups (broad SMARTS) is 1. The lowest BCUT2D eigenvalue weighted by Gasteiger charge is -2.25. The first-order chi connectivity index (χ1) is 13.7. The summed E-state index contributed by atoms with van der Waals surface area (Å²) >= 11 is 5.92. The predicted octanol–water partition coefficient (Wildman–Crippen LogP) is 3.65. The number of anilines is 1. The number of halogens is 1. The molecule has 1 aromatic heterocycles. The minimum absolute atomic E-state index is 0.0783. The van der Waals surface area contributed by atoms with Gasteiger partial charge in [0.15, 0.2) is 0 Å². The normalized spacial score (nSPS) is 13.0. The number of rotatable bonds is 5. The maximum absolute atomic E-state index is 12.5. The molecule has 0 aliphatic carbocycles. The van der Waals surface area contributed by atoms with E-state index in [2.05, 4.69) is 5.10 Å². The first kappa shape index (κ1) is 20.6. The van der Waals surface area contributed by atoms with Crippen LogP contribution in [0.4, 0.5) is 10.5 Å². The van der Waals surface area contributed by atoms with Gasteiger partial charge >= 0.3 is 6.09 Å². The van der Waals surface area contributed by atoms with Gasteiger partial charge in [-0.2, -0.15) is 5.10 Å². The minimum atomic E-state index is -1.74. The number of benzene rings is 2. The molecule has 7 nitrogen and oxygen atoms in total. The van der Waals surface area contributed by atoms with Gasteiger partial charge in [0, 0.05) is 29.5 Å². The number of carbonyl (C=O) groups is 1. The minimum Gasteiger partial charge on any atom is -0.465 e. The molecule has 0 saturated heterocycles. The third kappa shape index (κ3) is 4.16. The first-order valence-corrected chi connectivity index (χ1v) is 9.31. The highest BCUT2D eigenvalue weighted by atomic mass is 35.5. The van der Waals surface area contributed by atoms with Crippen molar-refractivity contribution in [3.05, 3.63) is 87.3 Å². The molecule has 0 fully saturated rings. The van der Waals surface area contributed by atoms with Crippen LogP contribution >= 0.6 is 11.6 Å². The lowest BCUT2D eigenvalue weighted by molar-refractivity contribution is 0.0945. The standard InChI is InChI=1S/C21H20ClN3O4/c1-3-24(20(27)28)17-6-4-5-14(13-17)21(2,29)19-18(26)11-12-25(23-19)16-9-7-15(22)8-10-16/h4-13,29H,3H2,1-2H3,(H,27,28). The number of hydrogen-bond donors (Lipinski definition) is 2. The van der Waals surface area contributed by atoms with Gasteiger partial charge in [-0.1, -0.05) is 23.7 Å². The van der Waals surface area contributed by atoms with Gasteiger partial charge in [-0.15, -0.1) is 0 Å². The summed E-state index contributed by atoms with van der Waals surface area (Å²) in [6.07, 6.45) is 0.400. The Kier molecular flexibility index (Phi) is 5.72. The van der Waals surface area contributed by atoms with Gasteiger partial charge in [-0.05, 0) is 55.8 Å². The quantitative estimate of drug-likeness (QED) is 0.665. The van der Waals surface area contributed by atoms with Crippen LogP contribution in [0.3, 0.4) is 0 Å². The second-order valence-electron chi connectivity index (χ2n) is 6.60. The molecule has 2 N–H and O–H groups in total. The number of aromatic nitrogens is 2. The molecule has 1 atom stereocenters. The van der Waals surface area contributed by atoms with Crippen LogP contribution in [0.2, 0.25) is 5.02 Å². The Labute approximate surface area is 172 Å². The Balaban J connectivity index is 2.08. The third-order valence-electron chi connectivity index (χ3n) is 4.63. The van der Waals surface area contributed by atoms with Gasteiger partial charge in [-0.25, -0.2) is 9.48 Å². The van der Waals surface area contributed by atoms with Gasteiger partial charge in [0.1, 0.15) is 11.3 Å².